The van der Waals surface area contributed by atoms with Gasteiger partial charge in [-0.1, -0.05) is 68.0 Å². The Kier molecular flexibility index (Phi) is 7.84. The van der Waals surface area contributed by atoms with Crippen LogP contribution in [0.5, 0.6) is 0 Å². The van der Waals surface area contributed by atoms with E-state index in [2.05, 4.69) is 5.32 Å². The minimum atomic E-state index is -1.06. The maximum atomic E-state index is 13.0. The lowest BCUT2D eigenvalue weighted by molar-refractivity contribution is -0.140. The lowest BCUT2D eigenvalue weighted by Gasteiger charge is -2.18. The quantitative estimate of drug-likeness (QED) is 0.447. The maximum Gasteiger partial charge on any atom is 0.326 e. The van der Waals surface area contributed by atoms with E-state index in [0.717, 1.165) is 16.7 Å². The molecule has 3 rings (SSSR count). The standard InChI is InChI=1S/C28H30N2O4/c1-18(2)25(28(33)34)29-27(32)23-9-5-7-21(16-23)8-6-14-30-17-20(4)15-24(30)26(31)22-12-10-19(3)11-13-22/h5-13,15-18,25H,14H2,1-4H3,(H,29,32)(H,33,34)/b8-6+/t25-/m0/s1. The molecule has 2 N–H and O–H groups in total. The first-order valence-electron chi connectivity index (χ1n) is 11.2. The molecule has 6 heteroatoms. The van der Waals surface area contributed by atoms with E-state index < -0.39 is 17.9 Å². The van der Waals surface area contributed by atoms with Crippen LogP contribution in [0, 0.1) is 19.8 Å². The van der Waals surface area contributed by atoms with Crippen LogP contribution >= 0.6 is 0 Å². The van der Waals surface area contributed by atoms with E-state index in [1.165, 1.54) is 0 Å². The lowest BCUT2D eigenvalue weighted by atomic mass is 10.0. The number of nitrogens with zero attached hydrogens (tertiary/aromatic N) is 1. The smallest absolute Gasteiger partial charge is 0.326 e. The number of carboxylic acids is 1. The molecular weight excluding hydrogens is 428 g/mol. The number of nitrogens with one attached hydrogen (secondary N) is 1. The first-order chi connectivity index (χ1) is 16.2. The number of carbonyl (C=O) groups excluding carboxylic acids is 2. The topological polar surface area (TPSA) is 88.4 Å². The van der Waals surface area contributed by atoms with Crippen LogP contribution in [-0.2, 0) is 11.3 Å². The van der Waals surface area contributed by atoms with Crippen LogP contribution in [0.25, 0.3) is 6.08 Å². The molecule has 34 heavy (non-hydrogen) atoms. The number of carboxylic acid groups (broad SMARTS) is 1. The summed E-state index contributed by atoms with van der Waals surface area (Å²) >= 11 is 0. The molecule has 0 fully saturated rings. The summed E-state index contributed by atoms with van der Waals surface area (Å²) in [6.07, 6.45) is 5.74. The molecule has 0 aliphatic carbocycles. The number of hydrogen-bond donors (Lipinski definition) is 2. The summed E-state index contributed by atoms with van der Waals surface area (Å²) in [7, 11) is 0. The predicted molar refractivity (Wildman–Crippen MR) is 133 cm³/mol. The van der Waals surface area contributed by atoms with Crippen LogP contribution in [0.4, 0.5) is 0 Å². The summed E-state index contributed by atoms with van der Waals surface area (Å²) < 4.78 is 1.91. The van der Waals surface area contributed by atoms with Crippen LogP contribution in [0.15, 0.2) is 66.9 Å². The minimum Gasteiger partial charge on any atom is -0.480 e. The van der Waals surface area contributed by atoms with Crippen LogP contribution in [0.2, 0.25) is 0 Å². The molecule has 6 nitrogen and oxygen atoms in total. The molecule has 1 heterocycles. The Labute approximate surface area is 199 Å². The van der Waals surface area contributed by atoms with E-state index in [0.29, 0.717) is 23.4 Å². The zero-order chi connectivity index (χ0) is 24.8. The van der Waals surface area contributed by atoms with E-state index in [4.69, 9.17) is 0 Å². The average Bonchev–Trinajstić information content (AvgIpc) is 3.17. The van der Waals surface area contributed by atoms with E-state index in [-0.39, 0.29) is 11.7 Å². The van der Waals surface area contributed by atoms with Crippen molar-refractivity contribution in [2.75, 3.05) is 0 Å². The van der Waals surface area contributed by atoms with Crippen molar-refractivity contribution >= 4 is 23.7 Å². The van der Waals surface area contributed by atoms with Gasteiger partial charge in [0.05, 0.1) is 5.69 Å². The van der Waals surface area contributed by atoms with Gasteiger partial charge >= 0.3 is 5.97 Å². The molecule has 2 aromatic carbocycles. The number of aliphatic carboxylic acids is 1. The largest absolute Gasteiger partial charge is 0.480 e. The number of aromatic nitrogens is 1. The first-order valence-corrected chi connectivity index (χ1v) is 11.2. The van der Waals surface area contributed by atoms with Crippen LogP contribution in [0.1, 0.15) is 56.9 Å². The monoisotopic (exact) mass is 458 g/mol. The highest BCUT2D eigenvalue weighted by Gasteiger charge is 2.23. The fraction of sp³-hybridized carbons (Fsp3) is 0.250. The maximum absolute atomic E-state index is 13.0. The van der Waals surface area contributed by atoms with Crippen molar-refractivity contribution < 1.29 is 19.5 Å². The van der Waals surface area contributed by atoms with Gasteiger partial charge in [-0.3, -0.25) is 9.59 Å². The molecular formula is C28H30N2O4. The molecule has 1 aromatic heterocycles. The third kappa shape index (κ3) is 6.10. The Morgan fingerprint density at radius 1 is 0.971 bits per heavy atom. The fourth-order valence-corrected chi connectivity index (χ4v) is 3.68. The summed E-state index contributed by atoms with van der Waals surface area (Å²) in [4.78, 5) is 36.9. The number of allylic oxidation sites excluding steroid dienone is 1. The third-order valence-electron chi connectivity index (χ3n) is 5.56. The predicted octanol–water partition coefficient (Wildman–Crippen LogP) is 4.89. The second-order valence-electron chi connectivity index (χ2n) is 8.81. The molecule has 0 saturated heterocycles. The molecule has 0 bridgehead atoms. The van der Waals surface area contributed by atoms with Gasteiger partial charge < -0.3 is 15.0 Å². The van der Waals surface area contributed by atoms with Gasteiger partial charge in [0, 0.05) is 23.9 Å². The molecule has 176 valence electrons. The van der Waals surface area contributed by atoms with Crippen molar-refractivity contribution in [3.63, 3.8) is 0 Å². The van der Waals surface area contributed by atoms with Crippen LogP contribution in [-0.4, -0.2) is 33.4 Å². The van der Waals surface area contributed by atoms with Gasteiger partial charge in [-0.2, -0.15) is 0 Å². The lowest BCUT2D eigenvalue weighted by Crippen LogP contribution is -2.44. The third-order valence-corrected chi connectivity index (χ3v) is 5.56. The van der Waals surface area contributed by atoms with Gasteiger partial charge in [-0.25, -0.2) is 4.79 Å². The fourth-order valence-electron chi connectivity index (χ4n) is 3.68. The van der Waals surface area contributed by atoms with Gasteiger partial charge in [-0.15, -0.1) is 0 Å². The van der Waals surface area contributed by atoms with E-state index in [1.807, 2.05) is 73.2 Å². The normalized spacial score (nSPS) is 12.1. The summed E-state index contributed by atoms with van der Waals surface area (Å²) in [5.74, 6) is -1.74. The Balaban J connectivity index is 1.73. The highest BCUT2D eigenvalue weighted by molar-refractivity contribution is 6.08. The summed E-state index contributed by atoms with van der Waals surface area (Å²) in [5, 5.41) is 11.9. The van der Waals surface area contributed by atoms with Gasteiger partial charge in [0.2, 0.25) is 5.78 Å². The Hall–Kier alpha value is -3.93. The van der Waals surface area contributed by atoms with Crippen LogP contribution < -0.4 is 5.32 Å². The van der Waals surface area contributed by atoms with Crippen molar-refractivity contribution in [2.24, 2.45) is 5.92 Å². The second kappa shape index (κ2) is 10.8. The molecule has 1 atom stereocenters. The number of benzene rings is 2. The highest BCUT2D eigenvalue weighted by atomic mass is 16.4. The molecule has 0 aliphatic heterocycles. The summed E-state index contributed by atoms with van der Waals surface area (Å²) in [6.45, 7) is 7.93. The molecule has 3 aromatic rings. The van der Waals surface area contributed by atoms with Gasteiger partial charge in [0.25, 0.3) is 5.91 Å². The Morgan fingerprint density at radius 3 is 2.32 bits per heavy atom. The van der Waals surface area contributed by atoms with Crippen molar-refractivity contribution in [2.45, 2.75) is 40.3 Å². The van der Waals surface area contributed by atoms with E-state index >= 15 is 0 Å². The molecule has 0 spiro atoms. The summed E-state index contributed by atoms with van der Waals surface area (Å²) in [5.41, 5.74) is 4.56. The molecule has 0 aliphatic rings. The van der Waals surface area contributed by atoms with Crippen molar-refractivity contribution in [1.82, 2.24) is 9.88 Å². The van der Waals surface area contributed by atoms with Crippen LogP contribution in [0.3, 0.4) is 0 Å². The highest BCUT2D eigenvalue weighted by Crippen LogP contribution is 2.16. The van der Waals surface area contributed by atoms with Crippen molar-refractivity contribution in [3.8, 4) is 0 Å². The number of amides is 1. The average molecular weight is 459 g/mol. The molecule has 1 amide bonds. The van der Waals surface area contributed by atoms with E-state index in [1.54, 1.807) is 32.0 Å². The summed E-state index contributed by atoms with van der Waals surface area (Å²) in [6, 6.07) is 15.4. The van der Waals surface area contributed by atoms with Gasteiger partial charge in [0.1, 0.15) is 6.04 Å². The number of ketones is 1. The van der Waals surface area contributed by atoms with E-state index in [9.17, 15) is 19.5 Å². The number of hydrogen-bond acceptors (Lipinski definition) is 3. The van der Waals surface area contributed by atoms with Crippen molar-refractivity contribution in [1.29, 1.82) is 0 Å². The zero-order valence-electron chi connectivity index (χ0n) is 19.9. The zero-order valence-corrected chi connectivity index (χ0v) is 19.9. The molecule has 0 saturated carbocycles. The SMILES string of the molecule is Cc1ccc(C(=O)c2cc(C)cn2C/C=C/c2cccc(C(=O)N[C@H](C(=O)O)C(C)C)c2)cc1. The van der Waals surface area contributed by atoms with Gasteiger partial charge in [0.15, 0.2) is 0 Å². The Bertz CT molecular complexity index is 1220. The van der Waals surface area contributed by atoms with Crippen molar-refractivity contribution in [3.05, 3.63) is 100 Å². The number of carbonyl (C=O) groups is 3. The number of rotatable bonds is 9. The second-order valence-corrected chi connectivity index (χ2v) is 8.81. The first kappa shape index (κ1) is 24.7. The Morgan fingerprint density at radius 2 is 1.68 bits per heavy atom. The van der Waals surface area contributed by atoms with Gasteiger partial charge in [-0.05, 0) is 49.1 Å². The number of aryl methyl sites for hydroxylation is 2. The molecule has 0 unspecified atom stereocenters. The molecule has 0 radical (unpaired) electrons. The minimum absolute atomic E-state index is 0.0293.